The lowest BCUT2D eigenvalue weighted by Gasteiger charge is -2.05. The van der Waals surface area contributed by atoms with Crippen molar-refractivity contribution >= 4 is 39.3 Å². The third-order valence-electron chi connectivity index (χ3n) is 4.23. The predicted molar refractivity (Wildman–Crippen MR) is 101 cm³/mol. The highest BCUT2D eigenvalue weighted by atomic mass is 35.5. The van der Waals surface area contributed by atoms with E-state index in [1.54, 1.807) is 0 Å². The van der Waals surface area contributed by atoms with Gasteiger partial charge in [-0.25, -0.2) is 4.98 Å². The lowest BCUT2D eigenvalue weighted by atomic mass is 10.1. The molecule has 0 aliphatic rings. The number of carbonyl (C=O) groups is 1. The Morgan fingerprint density at radius 3 is 2.72 bits per heavy atom. The Hall–Kier alpha value is -2.85. The van der Waals surface area contributed by atoms with Crippen LogP contribution in [-0.2, 0) is 6.54 Å². The van der Waals surface area contributed by atoms with Crippen LogP contribution in [0.25, 0.3) is 21.8 Å². The first-order valence-corrected chi connectivity index (χ1v) is 8.40. The molecular weight excluding hydrogens is 334 g/mol. The molecule has 25 heavy (non-hydrogen) atoms. The highest BCUT2D eigenvalue weighted by molar-refractivity contribution is 6.31. The Labute approximate surface area is 149 Å². The third-order valence-corrected chi connectivity index (χ3v) is 4.60. The molecule has 4 rings (SSSR count). The fourth-order valence-corrected chi connectivity index (χ4v) is 3.11. The molecule has 0 spiro atoms. The van der Waals surface area contributed by atoms with Gasteiger partial charge in [0.15, 0.2) is 0 Å². The molecule has 2 heterocycles. The average molecular weight is 350 g/mol. The molecule has 1 amide bonds. The maximum atomic E-state index is 12.5. The number of benzene rings is 2. The molecule has 2 N–H and O–H groups in total. The largest absolute Gasteiger partial charge is 0.357 e. The van der Waals surface area contributed by atoms with Crippen LogP contribution in [0.4, 0.5) is 0 Å². The van der Waals surface area contributed by atoms with E-state index in [-0.39, 0.29) is 5.91 Å². The van der Waals surface area contributed by atoms with Crippen LogP contribution < -0.4 is 5.32 Å². The summed E-state index contributed by atoms with van der Waals surface area (Å²) in [6.45, 7) is 2.37. The lowest BCUT2D eigenvalue weighted by Crippen LogP contribution is -2.23. The van der Waals surface area contributed by atoms with E-state index in [0.717, 1.165) is 33.1 Å². The van der Waals surface area contributed by atoms with Gasteiger partial charge >= 0.3 is 0 Å². The van der Waals surface area contributed by atoms with Crippen molar-refractivity contribution < 1.29 is 4.79 Å². The van der Waals surface area contributed by atoms with Crippen LogP contribution in [0.5, 0.6) is 0 Å². The summed E-state index contributed by atoms with van der Waals surface area (Å²) in [6, 6.07) is 17.4. The van der Waals surface area contributed by atoms with Gasteiger partial charge in [0, 0.05) is 28.0 Å². The van der Waals surface area contributed by atoms with E-state index in [2.05, 4.69) is 15.3 Å². The third kappa shape index (κ3) is 2.96. The number of hydrogen-bond donors (Lipinski definition) is 2. The normalized spacial score (nSPS) is 11.1. The minimum atomic E-state index is -0.211. The molecule has 0 saturated carbocycles. The summed E-state index contributed by atoms with van der Waals surface area (Å²) in [5, 5.41) is 5.53. The summed E-state index contributed by atoms with van der Waals surface area (Å²) in [4.78, 5) is 20.4. The number of nitrogens with one attached hydrogen (secondary N) is 2. The molecule has 4 nitrogen and oxygen atoms in total. The molecule has 0 fully saturated rings. The summed E-state index contributed by atoms with van der Waals surface area (Å²) in [6.07, 6.45) is 0. The molecule has 2 aromatic heterocycles. The van der Waals surface area contributed by atoms with Gasteiger partial charge in [-0.3, -0.25) is 4.79 Å². The van der Waals surface area contributed by atoms with Crippen molar-refractivity contribution in [3.63, 3.8) is 0 Å². The summed E-state index contributed by atoms with van der Waals surface area (Å²) in [5.74, 6) is -0.211. The number of amides is 1. The zero-order valence-corrected chi connectivity index (χ0v) is 14.4. The van der Waals surface area contributed by atoms with Gasteiger partial charge in [0.1, 0.15) is 5.69 Å². The molecule has 0 unspecified atom stereocenters. The predicted octanol–water partition coefficient (Wildman–Crippen LogP) is 4.61. The summed E-state index contributed by atoms with van der Waals surface area (Å²) in [5.41, 5.74) is 4.09. The van der Waals surface area contributed by atoms with Gasteiger partial charge in [-0.15, -0.1) is 0 Å². The molecule has 0 atom stereocenters. The first-order valence-electron chi connectivity index (χ1n) is 8.02. The molecule has 124 valence electrons. The minimum Gasteiger partial charge on any atom is -0.357 e. The topological polar surface area (TPSA) is 57.8 Å². The summed E-state index contributed by atoms with van der Waals surface area (Å²) < 4.78 is 0. The molecule has 5 heteroatoms. The van der Waals surface area contributed by atoms with E-state index in [1.807, 2.05) is 61.5 Å². The van der Waals surface area contributed by atoms with Crippen LogP contribution in [0.1, 0.15) is 21.7 Å². The number of nitrogens with zero attached hydrogens (tertiary/aromatic N) is 1. The molecule has 0 saturated heterocycles. The van der Waals surface area contributed by atoms with Crippen molar-refractivity contribution in [1.82, 2.24) is 15.3 Å². The maximum Gasteiger partial charge on any atom is 0.270 e. The first-order chi connectivity index (χ1) is 12.1. The monoisotopic (exact) mass is 349 g/mol. The van der Waals surface area contributed by atoms with Gasteiger partial charge in [0.2, 0.25) is 0 Å². The molecule has 0 aliphatic carbocycles. The SMILES string of the molecule is Cc1ccc2ccc3cc(C(=O)NCc4ccccc4Cl)nc3c2[nH]1. The smallest absolute Gasteiger partial charge is 0.270 e. The van der Waals surface area contributed by atoms with E-state index >= 15 is 0 Å². The number of aryl methyl sites for hydroxylation is 1. The van der Waals surface area contributed by atoms with Gasteiger partial charge in [-0.1, -0.05) is 48.0 Å². The van der Waals surface area contributed by atoms with E-state index in [4.69, 9.17) is 11.6 Å². The molecular formula is C20H16ClN3O. The Kier molecular flexibility index (Phi) is 3.90. The van der Waals surface area contributed by atoms with Crippen molar-refractivity contribution in [1.29, 1.82) is 0 Å². The van der Waals surface area contributed by atoms with E-state index in [9.17, 15) is 4.79 Å². The fourth-order valence-electron chi connectivity index (χ4n) is 2.91. The molecule has 2 aromatic carbocycles. The first kappa shape index (κ1) is 15.7. The number of rotatable bonds is 3. The second kappa shape index (κ2) is 6.22. The Morgan fingerprint density at radius 1 is 1.12 bits per heavy atom. The zero-order valence-electron chi connectivity index (χ0n) is 13.6. The van der Waals surface area contributed by atoms with Crippen LogP contribution in [0.15, 0.2) is 54.6 Å². The summed E-state index contributed by atoms with van der Waals surface area (Å²) >= 11 is 6.13. The van der Waals surface area contributed by atoms with Crippen LogP contribution >= 0.6 is 11.6 Å². The van der Waals surface area contributed by atoms with Crippen molar-refractivity contribution in [2.45, 2.75) is 13.5 Å². The second-order valence-electron chi connectivity index (χ2n) is 6.02. The zero-order chi connectivity index (χ0) is 17.4. The van der Waals surface area contributed by atoms with Crippen LogP contribution in [0.2, 0.25) is 5.02 Å². The number of carbonyl (C=O) groups excluding carboxylic acids is 1. The van der Waals surface area contributed by atoms with Crippen LogP contribution in [0.3, 0.4) is 0 Å². The second-order valence-corrected chi connectivity index (χ2v) is 6.43. The van der Waals surface area contributed by atoms with Gasteiger partial charge in [-0.2, -0.15) is 0 Å². The molecule has 4 aromatic rings. The Morgan fingerprint density at radius 2 is 1.88 bits per heavy atom. The standard InChI is InChI=1S/C20H16ClN3O/c1-12-6-7-13-8-9-14-10-17(24-19(14)18(13)23-12)20(25)22-11-15-4-2-3-5-16(15)21/h2-10,23H,11H2,1H3,(H,22,25). The number of pyridine rings is 1. The molecule has 0 bridgehead atoms. The summed E-state index contributed by atoms with van der Waals surface area (Å²) in [7, 11) is 0. The van der Waals surface area contributed by atoms with E-state index in [0.29, 0.717) is 17.3 Å². The van der Waals surface area contributed by atoms with E-state index < -0.39 is 0 Å². The number of fused-ring (bicyclic) bond motifs is 3. The number of aromatic amines is 1. The highest BCUT2D eigenvalue weighted by Gasteiger charge is 2.13. The number of hydrogen-bond acceptors (Lipinski definition) is 2. The lowest BCUT2D eigenvalue weighted by molar-refractivity contribution is 0.0947. The van der Waals surface area contributed by atoms with Gasteiger partial charge in [-0.05, 0) is 30.7 Å². The van der Waals surface area contributed by atoms with Crippen molar-refractivity contribution in [2.24, 2.45) is 0 Å². The minimum absolute atomic E-state index is 0.211. The van der Waals surface area contributed by atoms with Crippen molar-refractivity contribution in [2.75, 3.05) is 0 Å². The number of halogens is 1. The van der Waals surface area contributed by atoms with Crippen LogP contribution in [0, 0.1) is 6.92 Å². The average Bonchev–Trinajstić information content (AvgIpc) is 3.05. The Balaban J connectivity index is 1.65. The van der Waals surface area contributed by atoms with Gasteiger partial charge < -0.3 is 10.3 Å². The Bertz CT molecular complexity index is 1100. The van der Waals surface area contributed by atoms with Crippen LogP contribution in [-0.4, -0.2) is 15.9 Å². The number of aromatic nitrogens is 2. The van der Waals surface area contributed by atoms with Gasteiger partial charge in [0.05, 0.1) is 11.0 Å². The maximum absolute atomic E-state index is 12.5. The van der Waals surface area contributed by atoms with E-state index in [1.165, 1.54) is 0 Å². The van der Waals surface area contributed by atoms with Gasteiger partial charge in [0.25, 0.3) is 5.91 Å². The van der Waals surface area contributed by atoms with Crippen molar-refractivity contribution in [3.8, 4) is 0 Å². The quantitative estimate of drug-likeness (QED) is 0.567. The molecule has 0 aliphatic heterocycles. The van der Waals surface area contributed by atoms with Crippen molar-refractivity contribution in [3.05, 3.63) is 76.6 Å². The fraction of sp³-hybridized carbons (Fsp3) is 0.100. The molecule has 0 radical (unpaired) electrons. The number of H-pyrrole nitrogens is 1. The highest BCUT2D eigenvalue weighted by Crippen LogP contribution is 2.24.